The molecule has 3 rings (SSSR count). The number of nitrogens with zero attached hydrogens (tertiary/aromatic N) is 1. The van der Waals surface area contributed by atoms with Gasteiger partial charge in [0.15, 0.2) is 0 Å². The fourth-order valence-corrected chi connectivity index (χ4v) is 3.34. The SMILES string of the molecule is O=C(CCOCC1CCCO1)NCCN1CCc2ccccc2C1. The summed E-state index contributed by atoms with van der Waals surface area (Å²) in [6.45, 7) is 5.58. The van der Waals surface area contributed by atoms with Crippen molar-refractivity contribution in [3.63, 3.8) is 0 Å². The fourth-order valence-electron chi connectivity index (χ4n) is 3.34. The summed E-state index contributed by atoms with van der Waals surface area (Å²) >= 11 is 0. The number of hydrogen-bond acceptors (Lipinski definition) is 4. The summed E-state index contributed by atoms with van der Waals surface area (Å²) in [5.74, 6) is 0.0692. The summed E-state index contributed by atoms with van der Waals surface area (Å²) in [5.41, 5.74) is 2.87. The normalized spacial score (nSPS) is 20.8. The van der Waals surface area contributed by atoms with E-state index in [1.165, 1.54) is 11.1 Å². The van der Waals surface area contributed by atoms with Gasteiger partial charge in [0.2, 0.25) is 5.91 Å². The fraction of sp³-hybridized carbons (Fsp3) is 0.632. The van der Waals surface area contributed by atoms with E-state index in [-0.39, 0.29) is 12.0 Å². The summed E-state index contributed by atoms with van der Waals surface area (Å²) in [7, 11) is 0. The van der Waals surface area contributed by atoms with Gasteiger partial charge >= 0.3 is 0 Å². The number of fused-ring (bicyclic) bond motifs is 1. The maximum Gasteiger partial charge on any atom is 0.222 e. The van der Waals surface area contributed by atoms with E-state index in [9.17, 15) is 4.79 Å². The lowest BCUT2D eigenvalue weighted by molar-refractivity contribution is -0.122. The highest BCUT2D eigenvalue weighted by Gasteiger charge is 2.16. The minimum atomic E-state index is 0.0692. The van der Waals surface area contributed by atoms with Crippen LogP contribution in [-0.2, 0) is 27.2 Å². The van der Waals surface area contributed by atoms with Crippen molar-refractivity contribution < 1.29 is 14.3 Å². The first kappa shape index (κ1) is 17.4. The molecule has 5 nitrogen and oxygen atoms in total. The predicted molar refractivity (Wildman–Crippen MR) is 92.8 cm³/mol. The van der Waals surface area contributed by atoms with Gasteiger partial charge < -0.3 is 14.8 Å². The molecule has 1 saturated heterocycles. The highest BCUT2D eigenvalue weighted by molar-refractivity contribution is 5.75. The van der Waals surface area contributed by atoms with Crippen molar-refractivity contribution in [2.75, 3.05) is 39.5 Å². The number of benzene rings is 1. The molecule has 1 aromatic rings. The van der Waals surface area contributed by atoms with Gasteiger partial charge in [0.1, 0.15) is 0 Å². The Hall–Kier alpha value is -1.43. The smallest absolute Gasteiger partial charge is 0.222 e. The van der Waals surface area contributed by atoms with E-state index >= 15 is 0 Å². The largest absolute Gasteiger partial charge is 0.378 e. The number of ether oxygens (including phenoxy) is 2. The molecule has 0 aromatic heterocycles. The third kappa shape index (κ3) is 5.30. The average Bonchev–Trinajstić information content (AvgIpc) is 3.12. The molecule has 132 valence electrons. The van der Waals surface area contributed by atoms with Crippen molar-refractivity contribution in [3.05, 3.63) is 35.4 Å². The van der Waals surface area contributed by atoms with Gasteiger partial charge in [-0.1, -0.05) is 24.3 Å². The van der Waals surface area contributed by atoms with Gasteiger partial charge in [0.25, 0.3) is 0 Å². The molecule has 1 aromatic carbocycles. The van der Waals surface area contributed by atoms with Crippen LogP contribution >= 0.6 is 0 Å². The van der Waals surface area contributed by atoms with Crippen molar-refractivity contribution in [3.8, 4) is 0 Å². The molecule has 0 saturated carbocycles. The molecule has 2 heterocycles. The van der Waals surface area contributed by atoms with E-state index in [1.54, 1.807) is 0 Å². The minimum absolute atomic E-state index is 0.0692. The molecule has 1 N–H and O–H groups in total. The monoisotopic (exact) mass is 332 g/mol. The first-order valence-corrected chi connectivity index (χ1v) is 9.06. The molecular formula is C19H28N2O3. The van der Waals surface area contributed by atoms with E-state index in [1.807, 2.05) is 0 Å². The van der Waals surface area contributed by atoms with E-state index in [0.29, 0.717) is 26.2 Å². The molecule has 1 fully saturated rings. The van der Waals surface area contributed by atoms with Gasteiger partial charge in [-0.05, 0) is 30.4 Å². The highest BCUT2D eigenvalue weighted by atomic mass is 16.5. The predicted octanol–water partition coefficient (Wildman–Crippen LogP) is 1.75. The van der Waals surface area contributed by atoms with Crippen molar-refractivity contribution >= 4 is 5.91 Å². The zero-order chi connectivity index (χ0) is 16.6. The van der Waals surface area contributed by atoms with Crippen LogP contribution in [0.4, 0.5) is 0 Å². The third-order valence-electron chi connectivity index (χ3n) is 4.76. The van der Waals surface area contributed by atoms with Crippen LogP contribution < -0.4 is 5.32 Å². The quantitative estimate of drug-likeness (QED) is 0.737. The summed E-state index contributed by atoms with van der Waals surface area (Å²) in [4.78, 5) is 14.2. The van der Waals surface area contributed by atoms with E-state index < -0.39 is 0 Å². The van der Waals surface area contributed by atoms with Crippen LogP contribution in [0.2, 0.25) is 0 Å². The Morgan fingerprint density at radius 1 is 1.33 bits per heavy atom. The number of hydrogen-bond donors (Lipinski definition) is 1. The lowest BCUT2D eigenvalue weighted by Gasteiger charge is -2.28. The van der Waals surface area contributed by atoms with E-state index in [2.05, 4.69) is 34.5 Å². The van der Waals surface area contributed by atoms with Crippen molar-refractivity contribution in [2.24, 2.45) is 0 Å². The Labute approximate surface area is 144 Å². The number of amides is 1. The molecule has 0 bridgehead atoms. The number of carbonyl (C=O) groups excluding carboxylic acids is 1. The average molecular weight is 332 g/mol. The van der Waals surface area contributed by atoms with E-state index in [0.717, 1.165) is 45.5 Å². The van der Waals surface area contributed by atoms with Crippen LogP contribution in [0.3, 0.4) is 0 Å². The Balaban J connectivity index is 1.24. The number of carbonyl (C=O) groups is 1. The zero-order valence-electron chi connectivity index (χ0n) is 14.3. The highest BCUT2D eigenvalue weighted by Crippen LogP contribution is 2.17. The van der Waals surface area contributed by atoms with Crippen molar-refractivity contribution in [1.82, 2.24) is 10.2 Å². The third-order valence-corrected chi connectivity index (χ3v) is 4.76. The Bertz CT molecular complexity index is 529. The molecule has 2 aliphatic rings. The lowest BCUT2D eigenvalue weighted by Crippen LogP contribution is -2.38. The van der Waals surface area contributed by atoms with Gasteiger partial charge in [-0.2, -0.15) is 0 Å². The molecule has 0 radical (unpaired) electrons. The molecule has 2 aliphatic heterocycles. The maximum absolute atomic E-state index is 11.8. The Morgan fingerprint density at radius 2 is 2.21 bits per heavy atom. The molecule has 0 spiro atoms. The van der Waals surface area contributed by atoms with Gasteiger partial charge in [0.05, 0.1) is 19.3 Å². The standard InChI is InChI=1S/C19H28N2O3/c22-19(8-13-23-15-18-6-3-12-24-18)20-9-11-21-10-7-16-4-1-2-5-17(16)14-21/h1-2,4-5,18H,3,6-15H2,(H,20,22). The summed E-state index contributed by atoms with van der Waals surface area (Å²) in [5, 5.41) is 2.99. The van der Waals surface area contributed by atoms with Crippen LogP contribution in [-0.4, -0.2) is 56.4 Å². The summed E-state index contributed by atoms with van der Waals surface area (Å²) < 4.78 is 11.0. The van der Waals surface area contributed by atoms with Crippen LogP contribution in [0.15, 0.2) is 24.3 Å². The topological polar surface area (TPSA) is 50.8 Å². The second-order valence-electron chi connectivity index (χ2n) is 6.60. The second kappa shape index (κ2) is 9.16. The number of rotatable bonds is 8. The molecule has 1 amide bonds. The Kier molecular flexibility index (Phi) is 6.64. The summed E-state index contributed by atoms with van der Waals surface area (Å²) in [6.07, 6.45) is 3.95. The van der Waals surface area contributed by atoms with Crippen molar-refractivity contribution in [2.45, 2.75) is 38.3 Å². The number of nitrogens with one attached hydrogen (secondary N) is 1. The van der Waals surface area contributed by atoms with Gasteiger partial charge in [-0.25, -0.2) is 0 Å². The minimum Gasteiger partial charge on any atom is -0.378 e. The molecule has 1 unspecified atom stereocenters. The van der Waals surface area contributed by atoms with Gasteiger partial charge in [0, 0.05) is 39.2 Å². The van der Waals surface area contributed by atoms with Crippen LogP contribution in [0.5, 0.6) is 0 Å². The van der Waals surface area contributed by atoms with Crippen LogP contribution in [0, 0.1) is 0 Å². The Morgan fingerprint density at radius 3 is 3.04 bits per heavy atom. The molecule has 0 aliphatic carbocycles. The van der Waals surface area contributed by atoms with Crippen LogP contribution in [0.25, 0.3) is 0 Å². The van der Waals surface area contributed by atoms with Gasteiger partial charge in [-0.15, -0.1) is 0 Å². The molecule has 1 atom stereocenters. The van der Waals surface area contributed by atoms with E-state index in [4.69, 9.17) is 9.47 Å². The molecule has 24 heavy (non-hydrogen) atoms. The molecular weight excluding hydrogens is 304 g/mol. The maximum atomic E-state index is 11.8. The molecule has 5 heteroatoms. The van der Waals surface area contributed by atoms with Gasteiger partial charge in [-0.3, -0.25) is 9.69 Å². The van der Waals surface area contributed by atoms with Crippen molar-refractivity contribution in [1.29, 1.82) is 0 Å². The lowest BCUT2D eigenvalue weighted by atomic mass is 10.00. The summed E-state index contributed by atoms with van der Waals surface area (Å²) in [6, 6.07) is 8.62. The first-order valence-electron chi connectivity index (χ1n) is 9.06. The first-order chi connectivity index (χ1) is 11.8. The second-order valence-corrected chi connectivity index (χ2v) is 6.60. The van der Waals surface area contributed by atoms with Crippen LogP contribution in [0.1, 0.15) is 30.4 Å². The zero-order valence-corrected chi connectivity index (χ0v) is 14.3.